The summed E-state index contributed by atoms with van der Waals surface area (Å²) in [4.78, 5) is 11.6. The molecule has 6 atom stereocenters. The standard InChI is InChI=1S/C16H18BrClN2O6/c1-8(21)19-11-12(22)26-15(17,14(18)24)13(23)16(11,25)20-7-6-9-4-2-3-5-10(9)20/h2-7,11-14,22-25H,1H3,(H,19,21)/t11-,12+,13+,14?,15-,16+/m0/s1. The fourth-order valence-corrected chi connectivity index (χ4v) is 3.95. The molecule has 0 aliphatic carbocycles. The second-order valence-corrected chi connectivity index (χ2v) is 7.80. The van der Waals surface area contributed by atoms with Gasteiger partial charge >= 0.3 is 0 Å². The van der Waals surface area contributed by atoms with Gasteiger partial charge in [0.25, 0.3) is 0 Å². The van der Waals surface area contributed by atoms with Crippen molar-refractivity contribution in [2.24, 2.45) is 0 Å². The number of carbonyl (C=O) groups excluding carboxylic acids is 1. The lowest BCUT2D eigenvalue weighted by molar-refractivity contribution is -0.325. The number of aliphatic hydroxyl groups excluding tert-OH is 3. The smallest absolute Gasteiger partial charge is 0.217 e. The summed E-state index contributed by atoms with van der Waals surface area (Å²) in [6.07, 6.45) is -2.17. The van der Waals surface area contributed by atoms with E-state index in [9.17, 15) is 25.2 Å². The van der Waals surface area contributed by atoms with E-state index in [2.05, 4.69) is 21.2 Å². The molecule has 3 rings (SSSR count). The maximum Gasteiger partial charge on any atom is 0.217 e. The number of benzene rings is 1. The number of para-hydroxylation sites is 1. The van der Waals surface area contributed by atoms with Gasteiger partial charge in [-0.2, -0.15) is 0 Å². The number of hydrogen-bond acceptors (Lipinski definition) is 6. The normalized spacial score (nSPS) is 36.0. The summed E-state index contributed by atoms with van der Waals surface area (Å²) >= 11 is 8.71. The van der Waals surface area contributed by atoms with Crippen molar-refractivity contribution in [2.45, 2.75) is 41.2 Å². The van der Waals surface area contributed by atoms with Gasteiger partial charge in [0.1, 0.15) is 12.1 Å². The van der Waals surface area contributed by atoms with Crippen LogP contribution in [0.2, 0.25) is 0 Å². The predicted octanol–water partition coefficient (Wildman–Crippen LogP) is 0.149. The summed E-state index contributed by atoms with van der Waals surface area (Å²) in [6, 6.07) is 7.26. The molecule has 1 aliphatic heterocycles. The minimum Gasteiger partial charge on any atom is -0.384 e. The van der Waals surface area contributed by atoms with Gasteiger partial charge in [0.15, 0.2) is 22.1 Å². The van der Waals surface area contributed by atoms with Crippen molar-refractivity contribution < 1.29 is 30.0 Å². The Bertz CT molecular complexity index is 832. The Morgan fingerprint density at radius 3 is 2.65 bits per heavy atom. The van der Waals surface area contributed by atoms with Crippen molar-refractivity contribution >= 4 is 44.3 Å². The Kier molecular flexibility index (Phi) is 5.08. The summed E-state index contributed by atoms with van der Waals surface area (Å²) in [5.74, 6) is -0.562. The van der Waals surface area contributed by atoms with Gasteiger partial charge in [-0.05, 0) is 33.4 Å². The summed E-state index contributed by atoms with van der Waals surface area (Å²) in [5, 5.41) is 45.8. The van der Waals surface area contributed by atoms with Crippen LogP contribution >= 0.6 is 27.5 Å². The highest BCUT2D eigenvalue weighted by Gasteiger charge is 2.65. The van der Waals surface area contributed by atoms with E-state index in [1.807, 2.05) is 0 Å². The van der Waals surface area contributed by atoms with Crippen LogP contribution in [0.25, 0.3) is 10.9 Å². The highest BCUT2D eigenvalue weighted by atomic mass is 79.9. The maximum absolute atomic E-state index is 11.6. The molecule has 1 aromatic carbocycles. The molecule has 1 unspecified atom stereocenters. The second kappa shape index (κ2) is 6.75. The van der Waals surface area contributed by atoms with Gasteiger partial charge in [0, 0.05) is 13.1 Å². The van der Waals surface area contributed by atoms with Crippen LogP contribution in [0.4, 0.5) is 0 Å². The molecular formula is C16H18BrClN2O6. The van der Waals surface area contributed by atoms with Crippen molar-refractivity contribution in [3.63, 3.8) is 0 Å². The van der Waals surface area contributed by atoms with Crippen molar-refractivity contribution in [2.75, 3.05) is 0 Å². The molecule has 26 heavy (non-hydrogen) atoms. The lowest BCUT2D eigenvalue weighted by atomic mass is 9.89. The molecule has 1 saturated heterocycles. The van der Waals surface area contributed by atoms with Crippen LogP contribution in [0.1, 0.15) is 6.92 Å². The number of nitrogens with zero attached hydrogens (tertiary/aromatic N) is 1. The van der Waals surface area contributed by atoms with E-state index in [1.165, 1.54) is 17.7 Å². The third-order valence-corrected chi connectivity index (χ3v) is 6.13. The maximum atomic E-state index is 11.6. The zero-order valence-electron chi connectivity index (χ0n) is 13.6. The fourth-order valence-electron chi connectivity index (χ4n) is 3.25. The summed E-state index contributed by atoms with van der Waals surface area (Å²) in [6.45, 7) is 1.19. The minimum atomic E-state index is -2.30. The van der Waals surface area contributed by atoms with Crippen molar-refractivity contribution in [1.82, 2.24) is 9.88 Å². The average molecular weight is 450 g/mol. The fraction of sp³-hybridized carbons (Fsp3) is 0.438. The molecule has 1 fully saturated rings. The first kappa shape index (κ1) is 19.6. The molecule has 0 bridgehead atoms. The molecule has 10 heteroatoms. The Hall–Kier alpha value is -1.20. The summed E-state index contributed by atoms with van der Waals surface area (Å²) in [5.41, 5.74) is -3.59. The number of aliphatic hydroxyl groups is 4. The van der Waals surface area contributed by atoms with Crippen LogP contribution in [-0.2, 0) is 15.3 Å². The second-order valence-electron chi connectivity index (χ2n) is 6.15. The topological polar surface area (TPSA) is 124 Å². The van der Waals surface area contributed by atoms with Crippen LogP contribution < -0.4 is 5.32 Å². The number of ether oxygens (including phenoxy) is 1. The number of carbonyl (C=O) groups is 1. The Balaban J connectivity index is 2.23. The van der Waals surface area contributed by atoms with Crippen LogP contribution in [0.3, 0.4) is 0 Å². The van der Waals surface area contributed by atoms with Gasteiger partial charge in [-0.1, -0.05) is 29.8 Å². The zero-order chi connectivity index (χ0) is 19.3. The highest BCUT2D eigenvalue weighted by molar-refractivity contribution is 9.10. The number of fused-ring (bicyclic) bond motifs is 1. The molecule has 2 aromatic rings. The minimum absolute atomic E-state index is 0.525. The molecule has 2 heterocycles. The van der Waals surface area contributed by atoms with Gasteiger partial charge in [-0.25, -0.2) is 0 Å². The Labute approximate surface area is 162 Å². The molecule has 0 radical (unpaired) electrons. The largest absolute Gasteiger partial charge is 0.384 e. The molecular weight excluding hydrogens is 432 g/mol. The average Bonchev–Trinajstić information content (AvgIpc) is 3.01. The number of amides is 1. The zero-order valence-corrected chi connectivity index (χ0v) is 15.9. The van der Waals surface area contributed by atoms with Gasteiger partial charge in [-0.15, -0.1) is 0 Å². The van der Waals surface area contributed by atoms with Crippen molar-refractivity contribution in [1.29, 1.82) is 0 Å². The molecule has 0 spiro atoms. The van der Waals surface area contributed by atoms with Gasteiger partial charge < -0.3 is 35.0 Å². The molecule has 8 nitrogen and oxygen atoms in total. The third-order valence-electron chi connectivity index (χ3n) is 4.49. The van der Waals surface area contributed by atoms with Gasteiger partial charge in [0.2, 0.25) is 5.91 Å². The van der Waals surface area contributed by atoms with E-state index in [-0.39, 0.29) is 0 Å². The first-order valence-electron chi connectivity index (χ1n) is 7.73. The van der Waals surface area contributed by atoms with Crippen molar-refractivity contribution in [3.8, 4) is 0 Å². The van der Waals surface area contributed by atoms with Crippen LogP contribution in [0, 0.1) is 0 Å². The number of aromatic nitrogens is 1. The molecule has 1 amide bonds. The molecule has 1 aliphatic rings. The molecule has 1 aromatic heterocycles. The van der Waals surface area contributed by atoms with E-state index in [0.29, 0.717) is 5.52 Å². The lowest BCUT2D eigenvalue weighted by Crippen LogP contribution is -2.75. The van der Waals surface area contributed by atoms with E-state index >= 15 is 0 Å². The van der Waals surface area contributed by atoms with E-state index in [1.54, 1.807) is 30.3 Å². The van der Waals surface area contributed by atoms with Crippen molar-refractivity contribution in [3.05, 3.63) is 36.5 Å². The Morgan fingerprint density at radius 1 is 1.38 bits per heavy atom. The molecule has 5 N–H and O–H groups in total. The molecule has 142 valence electrons. The quantitative estimate of drug-likeness (QED) is 0.425. The number of halogens is 2. The molecule has 0 saturated carbocycles. The predicted molar refractivity (Wildman–Crippen MR) is 96.4 cm³/mol. The van der Waals surface area contributed by atoms with Gasteiger partial charge in [-0.3, -0.25) is 4.79 Å². The van der Waals surface area contributed by atoms with E-state index in [0.717, 1.165) is 5.39 Å². The van der Waals surface area contributed by atoms with E-state index in [4.69, 9.17) is 16.3 Å². The Morgan fingerprint density at radius 2 is 2.04 bits per heavy atom. The summed E-state index contributed by atoms with van der Waals surface area (Å²) < 4.78 is 4.42. The number of nitrogens with one attached hydrogen (secondary N) is 1. The summed E-state index contributed by atoms with van der Waals surface area (Å²) in [7, 11) is 0. The van der Waals surface area contributed by atoms with Crippen LogP contribution in [0.15, 0.2) is 36.5 Å². The number of hydrogen-bond donors (Lipinski definition) is 5. The number of alkyl halides is 2. The van der Waals surface area contributed by atoms with Gasteiger partial charge in [0.05, 0.1) is 5.52 Å². The monoisotopic (exact) mass is 448 g/mol. The SMILES string of the molecule is CC(=O)N[C@H]1[C@H](O)O[C@](Br)(C(O)Cl)[C@@H](O)[C@@]1(O)n1ccc2ccccc21. The lowest BCUT2D eigenvalue weighted by Gasteiger charge is -2.53. The highest BCUT2D eigenvalue weighted by Crippen LogP contribution is 2.46. The van der Waals surface area contributed by atoms with E-state index < -0.39 is 40.1 Å². The van der Waals surface area contributed by atoms with Crippen LogP contribution in [-0.4, -0.2) is 59.4 Å². The third kappa shape index (κ3) is 2.84. The first-order valence-corrected chi connectivity index (χ1v) is 8.96. The van der Waals surface area contributed by atoms with Crippen LogP contribution in [0.5, 0.6) is 0 Å². The number of rotatable bonds is 3. The first-order chi connectivity index (χ1) is 12.1.